The lowest BCUT2D eigenvalue weighted by Gasteiger charge is -2.24. The predicted octanol–water partition coefficient (Wildman–Crippen LogP) is 0.705. The van der Waals surface area contributed by atoms with Crippen LogP contribution in [-0.4, -0.2) is 41.1 Å². The molecular weight excluding hydrogens is 214 g/mol. The molecule has 1 N–H and O–H groups in total. The predicted molar refractivity (Wildman–Crippen MR) is 65.8 cm³/mol. The third-order valence-electron chi connectivity index (χ3n) is 4.36. The molecule has 1 amide bonds. The van der Waals surface area contributed by atoms with Gasteiger partial charge >= 0.3 is 0 Å². The highest BCUT2D eigenvalue weighted by molar-refractivity contribution is 5.93. The van der Waals surface area contributed by atoms with E-state index in [0.29, 0.717) is 17.9 Å². The Morgan fingerprint density at radius 2 is 2.29 bits per heavy atom. The van der Waals surface area contributed by atoms with Gasteiger partial charge in [0.05, 0.1) is 0 Å². The van der Waals surface area contributed by atoms with Crippen LogP contribution in [-0.2, 0) is 7.05 Å². The van der Waals surface area contributed by atoms with Gasteiger partial charge in [-0.2, -0.15) is 0 Å². The van der Waals surface area contributed by atoms with Crippen molar-refractivity contribution in [1.29, 1.82) is 0 Å². The van der Waals surface area contributed by atoms with Crippen LogP contribution < -0.4 is 5.32 Å². The molecule has 0 spiro atoms. The van der Waals surface area contributed by atoms with Crippen LogP contribution in [0.5, 0.6) is 0 Å². The second-order valence-corrected chi connectivity index (χ2v) is 5.28. The van der Waals surface area contributed by atoms with E-state index in [1.807, 2.05) is 34.8 Å². The Morgan fingerprint density at radius 1 is 1.47 bits per heavy atom. The van der Waals surface area contributed by atoms with Crippen molar-refractivity contribution in [2.45, 2.75) is 13.0 Å². The summed E-state index contributed by atoms with van der Waals surface area (Å²) in [5, 5.41) is 3.42. The molecule has 3 atom stereocenters. The van der Waals surface area contributed by atoms with Gasteiger partial charge in [-0.05, 0) is 30.9 Å². The highest BCUT2D eigenvalue weighted by Crippen LogP contribution is 2.33. The fourth-order valence-electron chi connectivity index (χ4n) is 3.27. The minimum atomic E-state index is 0.180. The first-order valence-corrected chi connectivity index (χ1v) is 6.31. The van der Waals surface area contributed by atoms with Crippen LogP contribution >= 0.6 is 0 Å². The zero-order valence-electron chi connectivity index (χ0n) is 10.4. The summed E-state index contributed by atoms with van der Waals surface area (Å²) < 4.78 is 1.90. The zero-order valence-corrected chi connectivity index (χ0v) is 10.4. The number of rotatable bonds is 1. The maximum Gasteiger partial charge on any atom is 0.270 e. The number of hydrogen-bond acceptors (Lipinski definition) is 2. The maximum absolute atomic E-state index is 12.5. The van der Waals surface area contributed by atoms with Crippen molar-refractivity contribution in [2.75, 3.05) is 19.6 Å². The number of aryl methyl sites for hydroxylation is 1. The second-order valence-electron chi connectivity index (χ2n) is 5.28. The smallest absolute Gasteiger partial charge is 0.270 e. The van der Waals surface area contributed by atoms with Gasteiger partial charge in [-0.25, -0.2) is 0 Å². The molecule has 0 radical (unpaired) electrons. The molecule has 3 rings (SSSR count). The van der Waals surface area contributed by atoms with Gasteiger partial charge in [0.15, 0.2) is 0 Å². The molecule has 0 aliphatic carbocycles. The van der Waals surface area contributed by atoms with Crippen molar-refractivity contribution < 1.29 is 4.79 Å². The van der Waals surface area contributed by atoms with Crippen LogP contribution in [0, 0.1) is 11.8 Å². The molecule has 2 saturated heterocycles. The van der Waals surface area contributed by atoms with E-state index in [-0.39, 0.29) is 5.91 Å². The number of fused-ring (bicyclic) bond motifs is 1. The minimum Gasteiger partial charge on any atom is -0.347 e. The Morgan fingerprint density at radius 3 is 2.94 bits per heavy atom. The van der Waals surface area contributed by atoms with Crippen molar-refractivity contribution in [2.24, 2.45) is 18.9 Å². The number of hydrogen-bond donors (Lipinski definition) is 1. The summed E-state index contributed by atoms with van der Waals surface area (Å²) in [5.74, 6) is 1.47. The zero-order chi connectivity index (χ0) is 12.0. The van der Waals surface area contributed by atoms with Crippen molar-refractivity contribution in [3.05, 3.63) is 24.0 Å². The standard InChI is InChI=1S/C13H19N3O/c1-9-11-7-14-6-10(11)8-16(9)13(17)12-4-3-5-15(12)2/h3-5,9-11,14H,6-8H2,1-2H3. The van der Waals surface area contributed by atoms with Gasteiger partial charge in [0.1, 0.15) is 5.69 Å². The molecule has 3 unspecified atom stereocenters. The fourth-order valence-corrected chi connectivity index (χ4v) is 3.27. The Labute approximate surface area is 102 Å². The van der Waals surface area contributed by atoms with Crippen molar-refractivity contribution in [3.8, 4) is 0 Å². The van der Waals surface area contributed by atoms with Crippen LogP contribution in [0.3, 0.4) is 0 Å². The molecule has 1 aromatic rings. The maximum atomic E-state index is 12.5. The summed E-state index contributed by atoms with van der Waals surface area (Å²) in [7, 11) is 1.93. The summed E-state index contributed by atoms with van der Waals surface area (Å²) in [4.78, 5) is 14.5. The molecule has 4 nitrogen and oxygen atoms in total. The first-order valence-electron chi connectivity index (χ1n) is 6.31. The van der Waals surface area contributed by atoms with Crippen molar-refractivity contribution in [3.63, 3.8) is 0 Å². The first-order chi connectivity index (χ1) is 8.18. The Hall–Kier alpha value is -1.29. The summed E-state index contributed by atoms with van der Waals surface area (Å²) in [6, 6.07) is 4.19. The summed E-state index contributed by atoms with van der Waals surface area (Å²) in [6.45, 7) is 5.20. The Kier molecular flexibility index (Phi) is 2.47. The number of carbonyl (C=O) groups is 1. The molecule has 92 valence electrons. The summed E-state index contributed by atoms with van der Waals surface area (Å²) in [5.41, 5.74) is 0.796. The first kappa shape index (κ1) is 10.8. The second kappa shape index (κ2) is 3.88. The van der Waals surface area contributed by atoms with Crippen LogP contribution in [0.4, 0.5) is 0 Å². The van der Waals surface area contributed by atoms with Gasteiger partial charge in [-0.3, -0.25) is 4.79 Å². The van der Waals surface area contributed by atoms with Gasteiger partial charge in [-0.15, -0.1) is 0 Å². The van der Waals surface area contributed by atoms with Gasteiger partial charge in [0.2, 0.25) is 0 Å². The third-order valence-corrected chi connectivity index (χ3v) is 4.36. The van der Waals surface area contributed by atoms with E-state index in [1.54, 1.807) is 0 Å². The number of carbonyl (C=O) groups excluding carboxylic acids is 1. The van der Waals surface area contributed by atoms with E-state index in [1.165, 1.54) is 0 Å². The van der Waals surface area contributed by atoms with E-state index in [2.05, 4.69) is 12.2 Å². The van der Waals surface area contributed by atoms with Crippen LogP contribution in [0.25, 0.3) is 0 Å². The van der Waals surface area contributed by atoms with Crippen molar-refractivity contribution in [1.82, 2.24) is 14.8 Å². The van der Waals surface area contributed by atoms with Gasteiger partial charge in [0, 0.05) is 38.9 Å². The highest BCUT2D eigenvalue weighted by atomic mass is 16.2. The molecule has 0 bridgehead atoms. The molecular formula is C13H19N3O. The molecule has 1 aromatic heterocycles. The molecule has 17 heavy (non-hydrogen) atoms. The molecule has 3 heterocycles. The Bertz CT molecular complexity index is 440. The quantitative estimate of drug-likeness (QED) is 0.775. The lowest BCUT2D eigenvalue weighted by atomic mass is 9.95. The summed E-state index contributed by atoms with van der Waals surface area (Å²) in [6.07, 6.45) is 1.93. The minimum absolute atomic E-state index is 0.180. The molecule has 2 aliphatic heterocycles. The van der Waals surface area contributed by atoms with Gasteiger partial charge < -0.3 is 14.8 Å². The van der Waals surface area contributed by atoms with Crippen LogP contribution in [0.2, 0.25) is 0 Å². The fraction of sp³-hybridized carbons (Fsp3) is 0.615. The normalized spacial score (nSPS) is 31.9. The van der Waals surface area contributed by atoms with Crippen molar-refractivity contribution >= 4 is 5.91 Å². The van der Waals surface area contributed by atoms with Gasteiger partial charge in [0.25, 0.3) is 5.91 Å². The monoisotopic (exact) mass is 233 g/mol. The Balaban J connectivity index is 1.82. The number of nitrogens with zero attached hydrogens (tertiary/aromatic N) is 2. The van der Waals surface area contributed by atoms with E-state index in [4.69, 9.17) is 0 Å². The number of aromatic nitrogens is 1. The largest absolute Gasteiger partial charge is 0.347 e. The van der Waals surface area contributed by atoms with E-state index >= 15 is 0 Å². The van der Waals surface area contributed by atoms with E-state index in [9.17, 15) is 4.79 Å². The van der Waals surface area contributed by atoms with Crippen LogP contribution in [0.15, 0.2) is 18.3 Å². The SMILES string of the molecule is CC1C2CNCC2CN1C(=O)c1cccn1C. The third kappa shape index (κ3) is 1.59. The van der Waals surface area contributed by atoms with Gasteiger partial charge in [-0.1, -0.05) is 0 Å². The van der Waals surface area contributed by atoms with Crippen LogP contribution in [0.1, 0.15) is 17.4 Å². The lowest BCUT2D eigenvalue weighted by molar-refractivity contribution is 0.0719. The molecule has 2 fully saturated rings. The number of nitrogens with one attached hydrogen (secondary N) is 1. The highest BCUT2D eigenvalue weighted by Gasteiger charge is 2.44. The molecule has 0 saturated carbocycles. The lowest BCUT2D eigenvalue weighted by Crippen LogP contribution is -2.38. The molecule has 2 aliphatic rings. The molecule has 4 heteroatoms. The average molecular weight is 233 g/mol. The topological polar surface area (TPSA) is 37.3 Å². The molecule has 0 aromatic carbocycles. The van der Waals surface area contributed by atoms with E-state index in [0.717, 1.165) is 25.3 Å². The van der Waals surface area contributed by atoms with E-state index < -0.39 is 0 Å². The number of amides is 1. The number of likely N-dealkylation sites (tertiary alicyclic amines) is 1. The average Bonchev–Trinajstić information content (AvgIpc) is 2.96. The summed E-state index contributed by atoms with van der Waals surface area (Å²) >= 11 is 0.